The van der Waals surface area contributed by atoms with Crippen LogP contribution in [0.4, 0.5) is 4.79 Å². The lowest BCUT2D eigenvalue weighted by Crippen LogP contribution is -2.41. The van der Waals surface area contributed by atoms with Gasteiger partial charge in [0, 0.05) is 5.54 Å². The van der Waals surface area contributed by atoms with Gasteiger partial charge in [-0.05, 0) is 53.0 Å². The molecule has 8 nitrogen and oxygen atoms in total. The van der Waals surface area contributed by atoms with Gasteiger partial charge in [0.2, 0.25) is 0 Å². The zero-order valence-corrected chi connectivity index (χ0v) is 25.0. The first kappa shape index (κ1) is 33.6. The highest BCUT2D eigenvalue weighted by molar-refractivity contribution is 7.51. The Kier molecular flexibility index (Phi) is 16.3. The first-order valence-corrected chi connectivity index (χ1v) is 15.3. The normalized spacial score (nSPS) is 13.2. The van der Waals surface area contributed by atoms with E-state index >= 15 is 0 Å². The third-order valence-electron chi connectivity index (χ3n) is 5.38. The molecule has 214 valence electrons. The van der Waals surface area contributed by atoms with Gasteiger partial charge in [-0.3, -0.25) is 13.9 Å². The lowest BCUT2D eigenvalue weighted by Gasteiger charge is -2.40. The van der Waals surface area contributed by atoms with E-state index < -0.39 is 25.5 Å². The second kappa shape index (κ2) is 18.0. The van der Waals surface area contributed by atoms with Crippen LogP contribution in [0.25, 0.3) is 0 Å². The van der Waals surface area contributed by atoms with E-state index in [-0.39, 0.29) is 12.7 Å². The second-order valence-corrected chi connectivity index (χ2v) is 12.2. The SMILES string of the molecule is CCCCCCOP(=O)(OCCCCCC)N(OC(COC(=O)OC(C)C)c1ccccc1)C(C)(C)C. The van der Waals surface area contributed by atoms with E-state index in [9.17, 15) is 9.36 Å². The van der Waals surface area contributed by atoms with E-state index in [4.69, 9.17) is 23.4 Å². The number of nitrogens with zero attached hydrogens (tertiary/aromatic N) is 1. The molecule has 1 atom stereocenters. The molecule has 9 heteroatoms. The maximum atomic E-state index is 14.3. The summed E-state index contributed by atoms with van der Waals surface area (Å²) in [6.07, 6.45) is 6.06. The summed E-state index contributed by atoms with van der Waals surface area (Å²) >= 11 is 0. The Labute approximate surface area is 224 Å². The van der Waals surface area contributed by atoms with Crippen molar-refractivity contribution in [1.82, 2.24) is 4.83 Å². The molecule has 0 saturated carbocycles. The summed E-state index contributed by atoms with van der Waals surface area (Å²) < 4.78 is 36.8. The molecule has 0 amide bonds. The predicted octanol–water partition coefficient (Wildman–Crippen LogP) is 8.62. The number of hydrogen-bond acceptors (Lipinski definition) is 7. The standard InChI is InChI=1S/C28H50NO7P/c1-8-10-12-17-21-33-37(31,34-22-18-13-11-9-2)29(28(5,6)7)36-26(25-19-15-14-16-20-25)23-32-27(30)35-24(3)4/h14-16,19-20,24,26H,8-13,17-18,21-23H2,1-7H3. The zero-order valence-electron chi connectivity index (χ0n) is 24.1. The van der Waals surface area contributed by atoms with Crippen LogP contribution >= 0.6 is 7.75 Å². The van der Waals surface area contributed by atoms with Crippen molar-refractivity contribution in [2.24, 2.45) is 0 Å². The number of hydroxylamine groups is 1. The Bertz CT molecular complexity index is 764. The molecule has 1 aromatic carbocycles. The van der Waals surface area contributed by atoms with Crippen LogP contribution < -0.4 is 0 Å². The molecule has 0 spiro atoms. The van der Waals surface area contributed by atoms with Crippen molar-refractivity contribution in [2.75, 3.05) is 19.8 Å². The van der Waals surface area contributed by atoms with Crippen LogP contribution in [-0.2, 0) is 27.9 Å². The molecule has 0 aliphatic carbocycles. The molecular weight excluding hydrogens is 493 g/mol. The Hall–Kier alpha value is -1.44. The van der Waals surface area contributed by atoms with Crippen molar-refractivity contribution in [3.8, 4) is 0 Å². The van der Waals surface area contributed by atoms with Gasteiger partial charge >= 0.3 is 13.9 Å². The van der Waals surface area contributed by atoms with Crippen molar-refractivity contribution in [3.05, 3.63) is 35.9 Å². The number of rotatable bonds is 19. The maximum Gasteiger partial charge on any atom is 0.508 e. The smallest absolute Gasteiger partial charge is 0.432 e. The molecule has 37 heavy (non-hydrogen) atoms. The van der Waals surface area contributed by atoms with Crippen LogP contribution in [0.15, 0.2) is 30.3 Å². The summed E-state index contributed by atoms with van der Waals surface area (Å²) in [5, 5.41) is 0. The lowest BCUT2D eigenvalue weighted by atomic mass is 10.1. The highest BCUT2D eigenvalue weighted by atomic mass is 31.2. The molecule has 0 N–H and O–H groups in total. The van der Waals surface area contributed by atoms with Crippen LogP contribution in [0.3, 0.4) is 0 Å². The predicted molar refractivity (Wildman–Crippen MR) is 147 cm³/mol. The van der Waals surface area contributed by atoms with Gasteiger partial charge in [0.25, 0.3) is 0 Å². The number of benzene rings is 1. The van der Waals surface area contributed by atoms with E-state index in [1.165, 1.54) is 4.83 Å². The van der Waals surface area contributed by atoms with Crippen LogP contribution in [0, 0.1) is 0 Å². The van der Waals surface area contributed by atoms with Gasteiger partial charge in [-0.25, -0.2) is 9.36 Å². The fraction of sp³-hybridized carbons (Fsp3) is 0.750. The Balaban J connectivity index is 3.17. The molecule has 0 aliphatic rings. The molecule has 0 bridgehead atoms. The van der Waals surface area contributed by atoms with E-state index in [0.29, 0.717) is 13.2 Å². The third-order valence-corrected chi connectivity index (χ3v) is 7.54. The molecular formula is C28H50NO7P. The third kappa shape index (κ3) is 13.8. The van der Waals surface area contributed by atoms with Crippen molar-refractivity contribution >= 4 is 13.9 Å². The molecule has 1 unspecified atom stereocenters. The van der Waals surface area contributed by atoms with Crippen LogP contribution in [0.2, 0.25) is 0 Å². The maximum absolute atomic E-state index is 14.3. The first-order valence-electron chi connectivity index (χ1n) is 13.8. The first-order chi connectivity index (χ1) is 17.5. The van der Waals surface area contributed by atoms with Crippen LogP contribution in [-0.4, -0.2) is 42.5 Å². The molecule has 1 rings (SSSR count). The molecule has 0 aliphatic heterocycles. The van der Waals surface area contributed by atoms with Crippen molar-refractivity contribution in [3.63, 3.8) is 0 Å². The molecule has 0 aromatic heterocycles. The zero-order chi connectivity index (χ0) is 27.7. The van der Waals surface area contributed by atoms with Gasteiger partial charge in [0.1, 0.15) is 12.7 Å². The monoisotopic (exact) mass is 543 g/mol. The minimum Gasteiger partial charge on any atom is -0.432 e. The van der Waals surface area contributed by atoms with Gasteiger partial charge < -0.3 is 9.47 Å². The Morgan fingerprint density at radius 3 is 1.89 bits per heavy atom. The molecule has 1 aromatic rings. The van der Waals surface area contributed by atoms with Crippen molar-refractivity contribution in [1.29, 1.82) is 0 Å². The number of unbranched alkanes of at least 4 members (excludes halogenated alkanes) is 6. The summed E-state index contributed by atoms with van der Waals surface area (Å²) in [5.41, 5.74) is 0.0138. The quantitative estimate of drug-likeness (QED) is 0.0742. The Morgan fingerprint density at radius 2 is 1.43 bits per heavy atom. The highest BCUT2D eigenvalue weighted by Gasteiger charge is 2.44. The summed E-state index contributed by atoms with van der Waals surface area (Å²) in [6.45, 7) is 13.9. The summed E-state index contributed by atoms with van der Waals surface area (Å²) in [5.74, 6) is 0. The number of carbonyl (C=O) groups is 1. The van der Waals surface area contributed by atoms with Gasteiger partial charge in [-0.1, -0.05) is 87.5 Å². The molecule has 0 heterocycles. The summed E-state index contributed by atoms with van der Waals surface area (Å²) in [4.78, 5) is 19.8. The second-order valence-electron chi connectivity index (χ2n) is 10.4. The topological polar surface area (TPSA) is 83.5 Å². The Morgan fingerprint density at radius 1 is 0.892 bits per heavy atom. The number of hydrogen-bond donors (Lipinski definition) is 0. The van der Waals surface area contributed by atoms with Gasteiger partial charge in [0.05, 0.1) is 19.3 Å². The summed E-state index contributed by atoms with van der Waals surface area (Å²) in [6, 6.07) is 9.36. The van der Waals surface area contributed by atoms with Gasteiger partial charge in [0.15, 0.2) is 0 Å². The minimum absolute atomic E-state index is 0.130. The van der Waals surface area contributed by atoms with Crippen molar-refractivity contribution < 1.29 is 32.7 Å². The lowest BCUT2D eigenvalue weighted by molar-refractivity contribution is -0.207. The van der Waals surface area contributed by atoms with Gasteiger partial charge in [-0.15, -0.1) is 0 Å². The number of ether oxygens (including phenoxy) is 2. The average Bonchev–Trinajstić information content (AvgIpc) is 2.83. The van der Waals surface area contributed by atoms with E-state index in [1.807, 2.05) is 51.1 Å². The van der Waals surface area contributed by atoms with E-state index in [0.717, 1.165) is 56.9 Å². The average molecular weight is 544 g/mol. The summed E-state index contributed by atoms with van der Waals surface area (Å²) in [7, 11) is -3.85. The van der Waals surface area contributed by atoms with Crippen LogP contribution in [0.5, 0.6) is 0 Å². The largest absolute Gasteiger partial charge is 0.508 e. The van der Waals surface area contributed by atoms with E-state index in [2.05, 4.69) is 13.8 Å². The molecule has 0 radical (unpaired) electrons. The van der Waals surface area contributed by atoms with Gasteiger partial charge in [-0.2, -0.15) is 0 Å². The van der Waals surface area contributed by atoms with E-state index in [1.54, 1.807) is 13.8 Å². The number of carbonyl (C=O) groups excluding carboxylic acids is 1. The fourth-order valence-electron chi connectivity index (χ4n) is 3.49. The highest BCUT2D eigenvalue weighted by Crippen LogP contribution is 2.57. The van der Waals surface area contributed by atoms with Crippen LogP contribution in [0.1, 0.15) is 112 Å². The van der Waals surface area contributed by atoms with Crippen molar-refractivity contribution in [2.45, 2.75) is 118 Å². The molecule has 0 saturated heterocycles. The molecule has 0 fully saturated rings. The minimum atomic E-state index is -3.85. The fourth-order valence-corrected chi connectivity index (χ4v) is 5.46.